The molecule has 1 atom stereocenters. The first-order valence-corrected chi connectivity index (χ1v) is 4.35. The van der Waals surface area contributed by atoms with Crippen molar-refractivity contribution in [2.45, 2.75) is 19.2 Å². The van der Waals surface area contributed by atoms with E-state index in [-0.39, 0.29) is 6.54 Å². The van der Waals surface area contributed by atoms with E-state index in [4.69, 9.17) is 5.11 Å². The number of aliphatic hydroxyl groups excluding tert-OH is 1. The van der Waals surface area contributed by atoms with Gasteiger partial charge in [0.2, 0.25) is 0 Å². The molecule has 0 aliphatic rings. The zero-order valence-corrected chi connectivity index (χ0v) is 8.04. The summed E-state index contributed by atoms with van der Waals surface area (Å²) >= 11 is 0. The lowest BCUT2D eigenvalue weighted by molar-refractivity contribution is -0.137. The zero-order valence-electron chi connectivity index (χ0n) is 8.04. The quantitative estimate of drug-likeness (QED) is 0.817. The van der Waals surface area contributed by atoms with Gasteiger partial charge < -0.3 is 10.4 Å². The van der Waals surface area contributed by atoms with Crippen LogP contribution >= 0.6 is 0 Å². The lowest BCUT2D eigenvalue weighted by atomic mass is 10.3. The Bertz CT molecular complexity index is 308. The van der Waals surface area contributed by atoms with Gasteiger partial charge in [0.25, 0.3) is 0 Å². The number of alkyl halides is 3. The zero-order chi connectivity index (χ0) is 11.5. The van der Waals surface area contributed by atoms with Crippen molar-refractivity contribution in [3.63, 3.8) is 0 Å². The summed E-state index contributed by atoms with van der Waals surface area (Å²) in [5, 5.41) is 11.6. The fourth-order valence-corrected chi connectivity index (χ4v) is 0.918. The molecule has 1 heterocycles. The molecule has 0 saturated heterocycles. The van der Waals surface area contributed by atoms with Crippen LogP contribution < -0.4 is 5.32 Å². The molecule has 1 rings (SSSR count). The SMILES string of the molecule is CC(O)CNc1ccc(C(F)(F)F)cn1. The number of aromatic nitrogens is 1. The molecule has 0 aromatic carbocycles. The van der Waals surface area contributed by atoms with Gasteiger partial charge in [0.15, 0.2) is 0 Å². The van der Waals surface area contributed by atoms with E-state index in [1.165, 1.54) is 6.07 Å². The highest BCUT2D eigenvalue weighted by Gasteiger charge is 2.30. The third kappa shape index (κ3) is 3.75. The van der Waals surface area contributed by atoms with E-state index in [0.717, 1.165) is 12.3 Å². The van der Waals surface area contributed by atoms with Crippen molar-refractivity contribution in [2.75, 3.05) is 11.9 Å². The number of anilines is 1. The van der Waals surface area contributed by atoms with Crippen LogP contribution in [0.5, 0.6) is 0 Å². The van der Waals surface area contributed by atoms with Gasteiger partial charge in [-0.15, -0.1) is 0 Å². The monoisotopic (exact) mass is 220 g/mol. The smallest absolute Gasteiger partial charge is 0.392 e. The molecule has 1 aromatic rings. The lowest BCUT2D eigenvalue weighted by Gasteiger charge is -2.09. The van der Waals surface area contributed by atoms with E-state index in [1.54, 1.807) is 6.92 Å². The molecule has 15 heavy (non-hydrogen) atoms. The predicted octanol–water partition coefficient (Wildman–Crippen LogP) is 1.89. The van der Waals surface area contributed by atoms with E-state index in [9.17, 15) is 13.2 Å². The summed E-state index contributed by atoms with van der Waals surface area (Å²) in [5.41, 5.74) is -0.787. The number of nitrogens with zero attached hydrogens (tertiary/aromatic N) is 1. The second-order valence-electron chi connectivity index (χ2n) is 3.16. The van der Waals surface area contributed by atoms with E-state index in [0.29, 0.717) is 5.82 Å². The van der Waals surface area contributed by atoms with Crippen molar-refractivity contribution in [3.05, 3.63) is 23.9 Å². The van der Waals surface area contributed by atoms with Gasteiger partial charge in [-0.1, -0.05) is 0 Å². The van der Waals surface area contributed by atoms with E-state index >= 15 is 0 Å². The van der Waals surface area contributed by atoms with Crippen molar-refractivity contribution in [1.82, 2.24) is 4.98 Å². The molecule has 0 saturated carbocycles. The Balaban J connectivity index is 2.65. The van der Waals surface area contributed by atoms with E-state index < -0.39 is 17.8 Å². The molecule has 6 heteroatoms. The summed E-state index contributed by atoms with van der Waals surface area (Å²) in [7, 11) is 0. The summed E-state index contributed by atoms with van der Waals surface area (Å²) in [4.78, 5) is 3.57. The molecule has 0 bridgehead atoms. The number of halogens is 3. The lowest BCUT2D eigenvalue weighted by Crippen LogP contribution is -2.16. The second-order valence-corrected chi connectivity index (χ2v) is 3.16. The maximum Gasteiger partial charge on any atom is 0.417 e. The van der Waals surface area contributed by atoms with Gasteiger partial charge in [0.05, 0.1) is 11.7 Å². The molecule has 0 fully saturated rings. The maximum absolute atomic E-state index is 12.1. The average Bonchev–Trinajstić information content (AvgIpc) is 2.14. The van der Waals surface area contributed by atoms with Crippen LogP contribution in [-0.2, 0) is 6.18 Å². The Morgan fingerprint density at radius 1 is 1.47 bits per heavy atom. The Labute approximate surface area is 85.0 Å². The topological polar surface area (TPSA) is 45.1 Å². The van der Waals surface area contributed by atoms with E-state index in [1.807, 2.05) is 0 Å². The minimum Gasteiger partial charge on any atom is -0.392 e. The Hall–Kier alpha value is -1.30. The molecule has 1 aromatic heterocycles. The van der Waals surface area contributed by atoms with Gasteiger partial charge in [0, 0.05) is 12.7 Å². The standard InChI is InChI=1S/C9H11F3N2O/c1-6(15)4-13-8-3-2-7(5-14-8)9(10,11)12/h2-3,5-6,15H,4H2,1H3,(H,13,14). The highest BCUT2D eigenvalue weighted by molar-refractivity contribution is 5.36. The molecule has 2 N–H and O–H groups in total. The molecule has 84 valence electrons. The largest absolute Gasteiger partial charge is 0.417 e. The van der Waals surface area contributed by atoms with E-state index in [2.05, 4.69) is 10.3 Å². The Kier molecular flexibility index (Phi) is 3.52. The Morgan fingerprint density at radius 3 is 2.53 bits per heavy atom. The summed E-state index contributed by atoms with van der Waals surface area (Å²) in [6, 6.07) is 2.17. The highest BCUT2D eigenvalue weighted by Crippen LogP contribution is 2.28. The van der Waals surface area contributed by atoms with Crippen molar-refractivity contribution >= 4 is 5.82 Å². The number of hydrogen-bond acceptors (Lipinski definition) is 3. The first kappa shape index (κ1) is 11.8. The number of hydrogen-bond donors (Lipinski definition) is 2. The number of aliphatic hydroxyl groups is 1. The third-order valence-corrected chi connectivity index (χ3v) is 1.67. The second kappa shape index (κ2) is 4.48. The van der Waals surface area contributed by atoms with Gasteiger partial charge in [-0.05, 0) is 19.1 Å². The van der Waals surface area contributed by atoms with Crippen LogP contribution in [0.25, 0.3) is 0 Å². The maximum atomic E-state index is 12.1. The van der Waals surface area contributed by atoms with Gasteiger partial charge in [0.1, 0.15) is 5.82 Å². The summed E-state index contributed by atoms with van der Waals surface area (Å²) in [6.45, 7) is 1.81. The molecule has 0 aliphatic heterocycles. The Morgan fingerprint density at radius 2 is 2.13 bits per heavy atom. The van der Waals surface area contributed by atoms with Crippen LogP contribution in [0, 0.1) is 0 Å². The van der Waals surface area contributed by atoms with Crippen molar-refractivity contribution in [1.29, 1.82) is 0 Å². The third-order valence-electron chi connectivity index (χ3n) is 1.67. The van der Waals surface area contributed by atoms with Crippen molar-refractivity contribution in [3.8, 4) is 0 Å². The number of rotatable bonds is 3. The molecule has 0 spiro atoms. The average molecular weight is 220 g/mol. The van der Waals surface area contributed by atoms with Gasteiger partial charge >= 0.3 is 6.18 Å². The normalized spacial score (nSPS) is 13.7. The summed E-state index contributed by atoms with van der Waals surface area (Å²) in [6.07, 6.45) is -4.19. The molecular weight excluding hydrogens is 209 g/mol. The minimum absolute atomic E-state index is 0.248. The first-order valence-electron chi connectivity index (χ1n) is 4.35. The van der Waals surface area contributed by atoms with Crippen LogP contribution in [0.3, 0.4) is 0 Å². The molecule has 0 aliphatic carbocycles. The fourth-order valence-electron chi connectivity index (χ4n) is 0.918. The van der Waals surface area contributed by atoms with Gasteiger partial charge in [-0.2, -0.15) is 13.2 Å². The molecule has 0 radical (unpaired) electrons. The summed E-state index contributed by atoms with van der Waals surface area (Å²) < 4.78 is 36.4. The van der Waals surface area contributed by atoms with Gasteiger partial charge in [-0.25, -0.2) is 4.98 Å². The molecule has 3 nitrogen and oxygen atoms in total. The van der Waals surface area contributed by atoms with Crippen LogP contribution in [0.1, 0.15) is 12.5 Å². The van der Waals surface area contributed by atoms with Gasteiger partial charge in [-0.3, -0.25) is 0 Å². The highest BCUT2D eigenvalue weighted by atomic mass is 19.4. The predicted molar refractivity (Wildman–Crippen MR) is 49.4 cm³/mol. The number of nitrogens with one attached hydrogen (secondary N) is 1. The first-order chi connectivity index (χ1) is 6.89. The number of pyridine rings is 1. The summed E-state index contributed by atoms with van der Waals surface area (Å²) in [5.74, 6) is 0.309. The van der Waals surface area contributed by atoms with Crippen LogP contribution in [0.2, 0.25) is 0 Å². The molecule has 1 unspecified atom stereocenters. The van der Waals surface area contributed by atoms with Crippen LogP contribution in [0.4, 0.5) is 19.0 Å². The van der Waals surface area contributed by atoms with Crippen LogP contribution in [0.15, 0.2) is 18.3 Å². The fraction of sp³-hybridized carbons (Fsp3) is 0.444. The van der Waals surface area contributed by atoms with Crippen molar-refractivity contribution < 1.29 is 18.3 Å². The minimum atomic E-state index is -4.37. The molecular formula is C9H11F3N2O. The van der Waals surface area contributed by atoms with Crippen molar-refractivity contribution in [2.24, 2.45) is 0 Å². The van der Waals surface area contributed by atoms with Crippen LogP contribution in [-0.4, -0.2) is 22.7 Å². The molecule has 0 amide bonds.